The van der Waals surface area contributed by atoms with Crippen molar-refractivity contribution >= 4 is 23.2 Å². The van der Waals surface area contributed by atoms with Gasteiger partial charge in [-0.15, -0.1) is 0 Å². The van der Waals surface area contributed by atoms with Gasteiger partial charge in [-0.3, -0.25) is 4.79 Å². The molecule has 0 spiro atoms. The minimum atomic E-state index is -0.304. The fourth-order valence-electron chi connectivity index (χ4n) is 1.93. The van der Waals surface area contributed by atoms with Crippen molar-refractivity contribution < 1.29 is 14.3 Å². The second-order valence-corrected chi connectivity index (χ2v) is 5.15. The lowest BCUT2D eigenvalue weighted by Crippen LogP contribution is -2.19. The summed E-state index contributed by atoms with van der Waals surface area (Å²) in [6.07, 6.45) is 0. The van der Waals surface area contributed by atoms with Gasteiger partial charge in [-0.2, -0.15) is 5.10 Å². The predicted molar refractivity (Wildman–Crippen MR) is 90.7 cm³/mol. The number of nitrogens with zero attached hydrogens (tertiary/aromatic N) is 1. The maximum atomic E-state index is 12.0. The number of rotatable bonds is 5. The van der Waals surface area contributed by atoms with Gasteiger partial charge in [-0.25, -0.2) is 5.43 Å². The summed E-state index contributed by atoms with van der Waals surface area (Å²) in [5, 5.41) is 4.69. The first-order valence-electron chi connectivity index (χ1n) is 6.87. The molecular formula is C17H17ClN2O3. The fraction of sp³-hybridized carbons (Fsp3) is 0.176. The molecule has 0 saturated carbocycles. The van der Waals surface area contributed by atoms with Crippen LogP contribution in [0.4, 0.5) is 0 Å². The van der Waals surface area contributed by atoms with Crippen LogP contribution >= 0.6 is 11.6 Å². The second-order valence-electron chi connectivity index (χ2n) is 4.71. The molecular weight excluding hydrogens is 316 g/mol. The van der Waals surface area contributed by atoms with E-state index in [-0.39, 0.29) is 5.91 Å². The molecule has 5 nitrogen and oxygen atoms in total. The third kappa shape index (κ3) is 4.23. The molecule has 0 aliphatic carbocycles. The molecule has 23 heavy (non-hydrogen) atoms. The zero-order valence-corrected chi connectivity index (χ0v) is 13.8. The number of nitrogens with one attached hydrogen (secondary N) is 1. The summed E-state index contributed by atoms with van der Waals surface area (Å²) in [4.78, 5) is 12.0. The highest BCUT2D eigenvalue weighted by Crippen LogP contribution is 2.27. The number of halogens is 1. The molecule has 0 heterocycles. The van der Waals surface area contributed by atoms with Crippen molar-refractivity contribution in [1.29, 1.82) is 0 Å². The number of carbonyl (C=O) groups excluding carboxylic acids is 1. The number of methoxy groups -OCH3 is 2. The van der Waals surface area contributed by atoms with Gasteiger partial charge in [0.15, 0.2) is 11.5 Å². The minimum Gasteiger partial charge on any atom is -0.493 e. The van der Waals surface area contributed by atoms with E-state index in [2.05, 4.69) is 10.5 Å². The van der Waals surface area contributed by atoms with Crippen LogP contribution in [0, 0.1) is 0 Å². The summed E-state index contributed by atoms with van der Waals surface area (Å²) in [7, 11) is 3.14. The van der Waals surface area contributed by atoms with E-state index in [9.17, 15) is 4.79 Å². The highest BCUT2D eigenvalue weighted by Gasteiger charge is 2.08. The lowest BCUT2D eigenvalue weighted by atomic mass is 10.1. The second kappa shape index (κ2) is 7.65. The van der Waals surface area contributed by atoms with Crippen LogP contribution in [0.15, 0.2) is 47.6 Å². The molecule has 0 aromatic heterocycles. The van der Waals surface area contributed by atoms with Crippen LogP contribution in [0.5, 0.6) is 11.5 Å². The summed E-state index contributed by atoms with van der Waals surface area (Å²) in [6, 6.07) is 12.0. The molecule has 0 saturated heterocycles. The van der Waals surface area contributed by atoms with Gasteiger partial charge in [-0.05, 0) is 49.4 Å². The highest BCUT2D eigenvalue weighted by atomic mass is 35.5. The zero-order valence-electron chi connectivity index (χ0n) is 13.1. The summed E-state index contributed by atoms with van der Waals surface area (Å²) >= 11 is 5.80. The maximum absolute atomic E-state index is 12.0. The standard InChI is InChI=1S/C17H17ClN2O3/c1-11(13-6-9-15(22-2)16(10-13)23-3)19-20-17(21)12-4-7-14(18)8-5-12/h4-10H,1-3H3,(H,20,21)/b19-11-. The quantitative estimate of drug-likeness (QED) is 0.673. The van der Waals surface area contributed by atoms with Crippen molar-refractivity contribution in [2.75, 3.05) is 14.2 Å². The summed E-state index contributed by atoms with van der Waals surface area (Å²) in [6.45, 7) is 1.80. The smallest absolute Gasteiger partial charge is 0.271 e. The van der Waals surface area contributed by atoms with E-state index < -0.39 is 0 Å². The van der Waals surface area contributed by atoms with Crippen molar-refractivity contribution in [3.05, 3.63) is 58.6 Å². The van der Waals surface area contributed by atoms with Gasteiger partial charge in [0.2, 0.25) is 0 Å². The largest absolute Gasteiger partial charge is 0.493 e. The van der Waals surface area contributed by atoms with E-state index in [1.807, 2.05) is 6.07 Å². The minimum absolute atomic E-state index is 0.304. The molecule has 0 aliphatic rings. The monoisotopic (exact) mass is 332 g/mol. The Morgan fingerprint density at radius 1 is 1.00 bits per heavy atom. The average molecular weight is 333 g/mol. The number of carbonyl (C=O) groups is 1. The Hall–Kier alpha value is -2.53. The molecule has 2 aromatic rings. The molecule has 0 bridgehead atoms. The molecule has 0 aliphatic heterocycles. The van der Waals surface area contributed by atoms with Crippen LogP contribution in [-0.4, -0.2) is 25.8 Å². The molecule has 1 amide bonds. The number of hydrazone groups is 1. The highest BCUT2D eigenvalue weighted by molar-refractivity contribution is 6.30. The Kier molecular flexibility index (Phi) is 5.60. The zero-order chi connectivity index (χ0) is 16.8. The van der Waals surface area contributed by atoms with E-state index in [4.69, 9.17) is 21.1 Å². The SMILES string of the molecule is COc1ccc(/C(C)=N\NC(=O)c2ccc(Cl)cc2)cc1OC. The molecule has 0 radical (unpaired) electrons. The van der Waals surface area contributed by atoms with Gasteiger partial charge < -0.3 is 9.47 Å². The molecule has 120 valence electrons. The number of hydrogen-bond donors (Lipinski definition) is 1. The van der Waals surface area contributed by atoms with Crippen molar-refractivity contribution in [2.24, 2.45) is 5.10 Å². The van der Waals surface area contributed by atoms with Crippen molar-refractivity contribution in [3.8, 4) is 11.5 Å². The van der Waals surface area contributed by atoms with Crippen LogP contribution in [-0.2, 0) is 0 Å². The first-order chi connectivity index (χ1) is 11.0. The number of amides is 1. The van der Waals surface area contributed by atoms with Gasteiger partial charge in [0.05, 0.1) is 19.9 Å². The normalized spacial score (nSPS) is 11.0. The Morgan fingerprint density at radius 3 is 2.22 bits per heavy atom. The fourth-order valence-corrected chi connectivity index (χ4v) is 2.05. The van der Waals surface area contributed by atoms with Crippen molar-refractivity contribution in [2.45, 2.75) is 6.92 Å². The predicted octanol–water partition coefficient (Wildman–Crippen LogP) is 3.51. The number of hydrogen-bond acceptors (Lipinski definition) is 4. The van der Waals surface area contributed by atoms with E-state index >= 15 is 0 Å². The van der Waals surface area contributed by atoms with Crippen LogP contribution < -0.4 is 14.9 Å². The van der Waals surface area contributed by atoms with Crippen molar-refractivity contribution in [3.63, 3.8) is 0 Å². The number of benzene rings is 2. The average Bonchev–Trinajstić information content (AvgIpc) is 2.59. The van der Waals surface area contributed by atoms with Gasteiger partial charge in [0, 0.05) is 16.1 Å². The Balaban J connectivity index is 2.13. The summed E-state index contributed by atoms with van der Waals surface area (Å²) in [5.41, 5.74) is 4.47. The van der Waals surface area contributed by atoms with Gasteiger partial charge >= 0.3 is 0 Å². The molecule has 0 atom stereocenters. The molecule has 0 unspecified atom stereocenters. The summed E-state index contributed by atoms with van der Waals surface area (Å²) < 4.78 is 10.4. The van der Waals surface area contributed by atoms with Crippen molar-refractivity contribution in [1.82, 2.24) is 5.43 Å². The van der Waals surface area contributed by atoms with Crippen LogP contribution in [0.2, 0.25) is 5.02 Å². The van der Waals surface area contributed by atoms with Crippen LogP contribution in [0.25, 0.3) is 0 Å². The van der Waals surface area contributed by atoms with Crippen LogP contribution in [0.3, 0.4) is 0 Å². The van der Waals surface area contributed by atoms with Gasteiger partial charge in [0.25, 0.3) is 5.91 Å². The molecule has 1 N–H and O–H groups in total. The van der Waals surface area contributed by atoms with E-state index in [0.29, 0.717) is 27.8 Å². The number of ether oxygens (including phenoxy) is 2. The van der Waals surface area contributed by atoms with E-state index in [1.54, 1.807) is 57.5 Å². The Labute approximate surface area is 139 Å². The van der Waals surface area contributed by atoms with E-state index in [0.717, 1.165) is 5.56 Å². The molecule has 2 rings (SSSR count). The topological polar surface area (TPSA) is 59.9 Å². The maximum Gasteiger partial charge on any atom is 0.271 e. The third-order valence-corrected chi connectivity index (χ3v) is 3.48. The van der Waals surface area contributed by atoms with Gasteiger partial charge in [0.1, 0.15) is 0 Å². The first-order valence-corrected chi connectivity index (χ1v) is 7.25. The first kappa shape index (κ1) is 16.8. The van der Waals surface area contributed by atoms with E-state index in [1.165, 1.54) is 0 Å². The van der Waals surface area contributed by atoms with Crippen LogP contribution in [0.1, 0.15) is 22.8 Å². The van der Waals surface area contributed by atoms with Gasteiger partial charge in [-0.1, -0.05) is 11.6 Å². The molecule has 0 fully saturated rings. The molecule has 2 aromatic carbocycles. The lowest BCUT2D eigenvalue weighted by molar-refractivity contribution is 0.0955. The Morgan fingerprint density at radius 2 is 1.61 bits per heavy atom. The third-order valence-electron chi connectivity index (χ3n) is 3.23. The lowest BCUT2D eigenvalue weighted by Gasteiger charge is -2.09. The summed E-state index contributed by atoms with van der Waals surface area (Å²) in [5.74, 6) is 0.930. The molecule has 6 heteroatoms. The Bertz CT molecular complexity index is 727.